The Hall–Kier alpha value is -5.76. The van der Waals surface area contributed by atoms with Crippen LogP contribution in [0.1, 0.15) is 11.1 Å². The Bertz CT molecular complexity index is 1830. The van der Waals surface area contributed by atoms with Crippen LogP contribution in [0, 0.1) is 0 Å². The molecule has 0 aliphatic carbocycles. The van der Waals surface area contributed by atoms with Crippen molar-refractivity contribution < 1.29 is 0 Å². The van der Waals surface area contributed by atoms with Crippen LogP contribution in [0.2, 0.25) is 0 Å². The molecular formula is C32H22N8. The van der Waals surface area contributed by atoms with Gasteiger partial charge in [0, 0.05) is 12.4 Å². The summed E-state index contributed by atoms with van der Waals surface area (Å²) in [5.74, 6) is 0. The van der Waals surface area contributed by atoms with E-state index in [1.165, 1.54) is 0 Å². The third kappa shape index (κ3) is 4.65. The summed E-state index contributed by atoms with van der Waals surface area (Å²) < 4.78 is 3.67. The Kier molecular flexibility index (Phi) is 5.95. The summed E-state index contributed by atoms with van der Waals surface area (Å²) in [5.41, 5.74) is 9.31. The Morgan fingerprint density at radius 3 is 1.27 bits per heavy atom. The van der Waals surface area contributed by atoms with Crippen LogP contribution in [0.25, 0.3) is 33.4 Å². The first-order chi connectivity index (χ1) is 19.8. The molecule has 0 saturated carbocycles. The van der Waals surface area contributed by atoms with Crippen LogP contribution in [0.3, 0.4) is 0 Å². The Morgan fingerprint density at radius 2 is 0.850 bits per heavy atom. The van der Waals surface area contributed by atoms with Gasteiger partial charge in [0.1, 0.15) is 11.0 Å². The van der Waals surface area contributed by atoms with E-state index in [-0.39, 0.29) is 0 Å². The van der Waals surface area contributed by atoms with Gasteiger partial charge in [-0.2, -0.15) is 0 Å². The minimum atomic E-state index is 0.856. The van der Waals surface area contributed by atoms with Crippen molar-refractivity contribution in [3.05, 3.63) is 132 Å². The lowest BCUT2D eigenvalue weighted by molar-refractivity contribution is 0.824. The number of aromatic nitrogens is 6. The van der Waals surface area contributed by atoms with Gasteiger partial charge in [-0.05, 0) is 83.9 Å². The van der Waals surface area contributed by atoms with E-state index in [4.69, 9.17) is 0 Å². The van der Waals surface area contributed by atoms with E-state index < -0.39 is 0 Å². The minimum absolute atomic E-state index is 0.856. The van der Waals surface area contributed by atoms with Gasteiger partial charge < -0.3 is 0 Å². The minimum Gasteiger partial charge on any atom is -0.256 e. The highest BCUT2D eigenvalue weighted by Gasteiger charge is 2.06. The fourth-order valence-corrected chi connectivity index (χ4v) is 4.45. The second kappa shape index (κ2) is 10.2. The molecule has 2 aromatic heterocycles. The topological polar surface area (TPSA) is 86.1 Å². The summed E-state index contributed by atoms with van der Waals surface area (Å²) in [6.07, 6.45) is 3.70. The van der Waals surface area contributed by atoms with Gasteiger partial charge in [-0.1, -0.05) is 59.0 Å². The number of rotatable bonds is 6. The number of aliphatic imine (C=N–C) groups is 2. The van der Waals surface area contributed by atoms with Crippen molar-refractivity contribution >= 4 is 45.9 Å². The van der Waals surface area contributed by atoms with Gasteiger partial charge in [0.2, 0.25) is 0 Å². The predicted molar refractivity (Wildman–Crippen MR) is 159 cm³/mol. The van der Waals surface area contributed by atoms with Crippen LogP contribution in [0.4, 0.5) is 11.4 Å². The van der Waals surface area contributed by atoms with Crippen LogP contribution in [-0.4, -0.2) is 42.4 Å². The van der Waals surface area contributed by atoms with Crippen molar-refractivity contribution in [1.82, 2.24) is 30.0 Å². The lowest BCUT2D eigenvalue weighted by Gasteiger charge is -2.03. The maximum Gasteiger partial charge on any atom is 0.113 e. The quantitative estimate of drug-likeness (QED) is 0.231. The van der Waals surface area contributed by atoms with Crippen LogP contribution in [-0.2, 0) is 0 Å². The Labute approximate surface area is 229 Å². The summed E-state index contributed by atoms with van der Waals surface area (Å²) in [5, 5.41) is 17.0. The standard InChI is InChI=1S/C32H22N8/c1-3-7-31-29(5-1)35-37-39(31)27-17-9-23(10-18-27)21-33-25-13-15-26(16-14-25)34-22-24-11-19-28(20-12-24)40-32-8-4-2-6-30(32)36-38-40/h1-22H. The molecule has 8 heteroatoms. The zero-order valence-electron chi connectivity index (χ0n) is 21.3. The van der Waals surface area contributed by atoms with Crippen molar-refractivity contribution in [2.24, 2.45) is 9.98 Å². The Morgan fingerprint density at radius 1 is 0.450 bits per heavy atom. The first-order valence-corrected chi connectivity index (χ1v) is 12.8. The molecule has 7 aromatic rings. The van der Waals surface area contributed by atoms with Crippen LogP contribution in [0.15, 0.2) is 131 Å². The third-order valence-corrected chi connectivity index (χ3v) is 6.55. The fraction of sp³-hybridized carbons (Fsp3) is 0. The highest BCUT2D eigenvalue weighted by Crippen LogP contribution is 2.21. The van der Waals surface area contributed by atoms with Crippen molar-refractivity contribution in [2.75, 3.05) is 0 Å². The molecule has 0 radical (unpaired) electrons. The van der Waals surface area contributed by atoms with E-state index in [2.05, 4.69) is 30.6 Å². The maximum atomic E-state index is 4.61. The lowest BCUT2D eigenvalue weighted by atomic mass is 10.2. The number of benzene rings is 5. The predicted octanol–water partition coefficient (Wildman–Crippen LogP) is 6.66. The molecule has 190 valence electrons. The lowest BCUT2D eigenvalue weighted by Crippen LogP contribution is -1.96. The average molecular weight is 519 g/mol. The second-order valence-electron chi connectivity index (χ2n) is 9.20. The van der Waals surface area contributed by atoms with Crippen molar-refractivity contribution in [2.45, 2.75) is 0 Å². The largest absolute Gasteiger partial charge is 0.256 e. The number of hydrogen-bond acceptors (Lipinski definition) is 6. The van der Waals surface area contributed by atoms with Gasteiger partial charge in [-0.15, -0.1) is 10.2 Å². The van der Waals surface area contributed by atoms with Gasteiger partial charge in [0.05, 0.1) is 33.8 Å². The molecule has 5 aromatic carbocycles. The summed E-state index contributed by atoms with van der Waals surface area (Å²) in [7, 11) is 0. The molecule has 8 nitrogen and oxygen atoms in total. The molecule has 0 atom stereocenters. The molecule has 2 heterocycles. The van der Waals surface area contributed by atoms with Gasteiger partial charge >= 0.3 is 0 Å². The van der Waals surface area contributed by atoms with Gasteiger partial charge in [0.25, 0.3) is 0 Å². The summed E-state index contributed by atoms with van der Waals surface area (Å²) >= 11 is 0. The zero-order valence-corrected chi connectivity index (χ0v) is 21.3. The van der Waals surface area contributed by atoms with Crippen LogP contribution in [0.5, 0.6) is 0 Å². The average Bonchev–Trinajstić information content (AvgIpc) is 3.65. The molecule has 0 fully saturated rings. The van der Waals surface area contributed by atoms with E-state index in [9.17, 15) is 0 Å². The molecule has 40 heavy (non-hydrogen) atoms. The molecule has 0 aliphatic heterocycles. The second-order valence-corrected chi connectivity index (χ2v) is 9.20. The fourth-order valence-electron chi connectivity index (χ4n) is 4.45. The molecular weight excluding hydrogens is 496 g/mol. The third-order valence-electron chi connectivity index (χ3n) is 6.55. The first-order valence-electron chi connectivity index (χ1n) is 12.8. The molecule has 0 N–H and O–H groups in total. The summed E-state index contributed by atoms with van der Waals surface area (Å²) in [4.78, 5) is 9.22. The van der Waals surface area contributed by atoms with Crippen LogP contribution >= 0.6 is 0 Å². The van der Waals surface area contributed by atoms with Crippen molar-refractivity contribution in [1.29, 1.82) is 0 Å². The number of nitrogens with zero attached hydrogens (tertiary/aromatic N) is 8. The molecule has 7 rings (SSSR count). The highest BCUT2D eigenvalue weighted by atomic mass is 15.4. The van der Waals surface area contributed by atoms with E-state index in [0.29, 0.717) is 0 Å². The molecule has 0 amide bonds. The van der Waals surface area contributed by atoms with Gasteiger partial charge in [-0.3, -0.25) is 9.98 Å². The molecule has 0 spiro atoms. The molecule has 0 unspecified atom stereocenters. The van der Waals surface area contributed by atoms with E-state index in [0.717, 1.165) is 55.9 Å². The number of hydrogen-bond donors (Lipinski definition) is 0. The van der Waals surface area contributed by atoms with Crippen molar-refractivity contribution in [3.63, 3.8) is 0 Å². The van der Waals surface area contributed by atoms with E-state index >= 15 is 0 Å². The normalized spacial score (nSPS) is 11.8. The van der Waals surface area contributed by atoms with Crippen molar-refractivity contribution in [3.8, 4) is 11.4 Å². The first kappa shape index (κ1) is 23.4. The Balaban J connectivity index is 1.00. The number of para-hydroxylation sites is 2. The van der Waals surface area contributed by atoms with Gasteiger partial charge in [0.15, 0.2) is 0 Å². The smallest absolute Gasteiger partial charge is 0.113 e. The highest BCUT2D eigenvalue weighted by molar-refractivity contribution is 5.84. The zero-order chi connectivity index (χ0) is 26.7. The van der Waals surface area contributed by atoms with Gasteiger partial charge in [-0.25, -0.2) is 9.36 Å². The summed E-state index contributed by atoms with van der Waals surface area (Å²) in [6, 6.07) is 39.8. The number of fused-ring (bicyclic) bond motifs is 2. The molecule has 0 aliphatic rings. The molecule has 0 bridgehead atoms. The molecule has 0 saturated heterocycles. The van der Waals surface area contributed by atoms with Crippen LogP contribution < -0.4 is 0 Å². The monoisotopic (exact) mass is 518 g/mol. The summed E-state index contributed by atoms with van der Waals surface area (Å²) in [6.45, 7) is 0. The van der Waals surface area contributed by atoms with E-state index in [1.807, 2.05) is 143 Å². The maximum absolute atomic E-state index is 4.61. The SMILES string of the molecule is C(=Nc1ccc(N=Cc2ccc(-n3nnc4ccccc43)cc2)cc1)c1ccc(-n2nnc3ccccc32)cc1. The van der Waals surface area contributed by atoms with E-state index in [1.54, 1.807) is 0 Å².